The maximum absolute atomic E-state index is 11.3. The summed E-state index contributed by atoms with van der Waals surface area (Å²) in [6.07, 6.45) is 11.3. The second-order valence-electron chi connectivity index (χ2n) is 11.3. The van der Waals surface area contributed by atoms with Gasteiger partial charge in [-0.05, 0) is 80.7 Å². The Morgan fingerprint density at radius 3 is 2.56 bits per heavy atom. The van der Waals surface area contributed by atoms with Crippen molar-refractivity contribution in [1.29, 1.82) is 0 Å². The topological polar surface area (TPSA) is 42.4 Å². The molecule has 1 saturated carbocycles. The van der Waals surface area contributed by atoms with Crippen LogP contribution in [0.25, 0.3) is 0 Å². The average Bonchev–Trinajstić information content (AvgIpc) is 2.82. The number of unbranched alkanes of at least 4 members (excludes halogenated alkanes) is 3. The molecule has 1 fully saturated rings. The molecule has 3 atom stereocenters. The zero-order valence-corrected chi connectivity index (χ0v) is 22.7. The van der Waals surface area contributed by atoms with E-state index in [0.717, 1.165) is 37.0 Å². The summed E-state index contributed by atoms with van der Waals surface area (Å²) in [5, 5.41) is 11.3. The van der Waals surface area contributed by atoms with Gasteiger partial charge in [-0.2, -0.15) is 0 Å². The smallest absolute Gasteiger partial charge is 0.127 e. The summed E-state index contributed by atoms with van der Waals surface area (Å²) in [5.74, 6) is 2.47. The molecular weight excluding hydrogens is 418 g/mol. The molecule has 2 heterocycles. The summed E-state index contributed by atoms with van der Waals surface area (Å²) in [4.78, 5) is 4.65. The molecule has 3 nitrogen and oxygen atoms in total. The minimum absolute atomic E-state index is 0. The van der Waals surface area contributed by atoms with E-state index in [-0.39, 0.29) is 12.4 Å². The van der Waals surface area contributed by atoms with E-state index < -0.39 is 0 Å². The van der Waals surface area contributed by atoms with Crippen molar-refractivity contribution in [2.75, 3.05) is 0 Å². The van der Waals surface area contributed by atoms with Crippen LogP contribution in [0.2, 0.25) is 0 Å². The van der Waals surface area contributed by atoms with Crippen molar-refractivity contribution in [2.24, 2.45) is 5.92 Å². The van der Waals surface area contributed by atoms with Crippen LogP contribution in [0.4, 0.5) is 0 Å². The van der Waals surface area contributed by atoms with E-state index in [1.807, 2.05) is 32.2 Å². The Morgan fingerprint density at radius 2 is 1.88 bits per heavy atom. The molecule has 1 aromatic heterocycles. The molecule has 1 N–H and O–H groups in total. The van der Waals surface area contributed by atoms with Gasteiger partial charge in [0.15, 0.2) is 0 Å². The van der Waals surface area contributed by atoms with E-state index in [1.54, 1.807) is 0 Å². The van der Waals surface area contributed by atoms with Gasteiger partial charge in [0.05, 0.1) is 0 Å². The Morgan fingerprint density at radius 1 is 1.12 bits per heavy atom. The molecule has 2 aromatic rings. The standard InChI is InChI=1S/C29H41NO2.C2H6.H2/c1-6-7-8-10-15-28(2,3)21-18-25(31)27-22-17-20(24-12-9-11-16-30-24)13-14-23(22)29(4,5)32-26(27)19-21;1-2;/h9,11-12,16,18-20,22-23,31H,6-8,10,13-15,17H2,1-5H3;1-2H3;1H/t20-,22-,23-;;/m1../s1. The Balaban J connectivity index is 0.00000140. The number of hydrogen-bond donors (Lipinski definition) is 1. The van der Waals surface area contributed by atoms with E-state index in [0.29, 0.717) is 23.5 Å². The van der Waals surface area contributed by atoms with Crippen LogP contribution in [0.1, 0.15) is 130 Å². The quantitative estimate of drug-likeness (QED) is 0.413. The van der Waals surface area contributed by atoms with Crippen molar-refractivity contribution in [3.8, 4) is 11.5 Å². The predicted molar refractivity (Wildman–Crippen MR) is 145 cm³/mol. The lowest BCUT2D eigenvalue weighted by atomic mass is 9.63. The van der Waals surface area contributed by atoms with Gasteiger partial charge in [0.25, 0.3) is 0 Å². The van der Waals surface area contributed by atoms with Crippen molar-refractivity contribution in [3.05, 3.63) is 53.3 Å². The van der Waals surface area contributed by atoms with Gasteiger partial charge in [-0.1, -0.05) is 66.4 Å². The van der Waals surface area contributed by atoms with Gasteiger partial charge in [0.1, 0.15) is 17.1 Å². The van der Waals surface area contributed by atoms with Gasteiger partial charge < -0.3 is 9.84 Å². The first-order valence-corrected chi connectivity index (χ1v) is 13.7. The molecule has 0 amide bonds. The molecule has 34 heavy (non-hydrogen) atoms. The molecule has 1 aromatic carbocycles. The number of benzene rings is 1. The third-order valence-corrected chi connectivity index (χ3v) is 8.15. The Labute approximate surface area is 209 Å². The molecule has 4 rings (SSSR count). The maximum Gasteiger partial charge on any atom is 0.127 e. The SMILES string of the molecule is CC.CCCCCCC(C)(C)c1cc(O)c2c(c1)OC(C)(C)[C@@H]1CC[C@@H](c3ccccn3)C[C@@H]21.[HH]. The van der Waals surface area contributed by atoms with Gasteiger partial charge in [0.2, 0.25) is 0 Å². The molecule has 0 unspecified atom stereocenters. The lowest BCUT2D eigenvalue weighted by molar-refractivity contribution is -0.0107. The number of aromatic nitrogens is 1. The van der Waals surface area contributed by atoms with Crippen LogP contribution in [-0.2, 0) is 5.41 Å². The van der Waals surface area contributed by atoms with E-state index in [1.165, 1.54) is 36.9 Å². The number of hydrogen-bond acceptors (Lipinski definition) is 3. The Bertz CT molecular complexity index is 925. The summed E-state index contributed by atoms with van der Waals surface area (Å²) < 4.78 is 6.61. The summed E-state index contributed by atoms with van der Waals surface area (Å²) in [5.41, 5.74) is 3.19. The molecule has 3 heteroatoms. The third kappa shape index (κ3) is 5.61. The van der Waals surface area contributed by atoms with E-state index in [9.17, 15) is 5.11 Å². The Kier molecular flexibility index (Phi) is 8.71. The number of fused-ring (bicyclic) bond motifs is 3. The fourth-order valence-corrected chi connectivity index (χ4v) is 6.16. The Hall–Kier alpha value is -2.03. The fraction of sp³-hybridized carbons (Fsp3) is 0.645. The number of nitrogens with zero attached hydrogens (tertiary/aromatic N) is 1. The lowest BCUT2D eigenvalue weighted by Crippen LogP contribution is -2.46. The van der Waals surface area contributed by atoms with Crippen molar-refractivity contribution in [3.63, 3.8) is 0 Å². The number of aromatic hydroxyl groups is 1. The van der Waals surface area contributed by atoms with Crippen LogP contribution in [0.5, 0.6) is 11.5 Å². The van der Waals surface area contributed by atoms with E-state index in [4.69, 9.17) is 4.74 Å². The summed E-state index contributed by atoms with van der Waals surface area (Å²) >= 11 is 0. The largest absolute Gasteiger partial charge is 0.508 e. The highest BCUT2D eigenvalue weighted by molar-refractivity contribution is 5.53. The van der Waals surface area contributed by atoms with Gasteiger partial charge >= 0.3 is 0 Å². The van der Waals surface area contributed by atoms with Crippen LogP contribution >= 0.6 is 0 Å². The van der Waals surface area contributed by atoms with Gasteiger partial charge in [0, 0.05) is 30.7 Å². The lowest BCUT2D eigenvalue weighted by Gasteiger charge is -2.49. The van der Waals surface area contributed by atoms with Gasteiger partial charge in [-0.3, -0.25) is 4.98 Å². The van der Waals surface area contributed by atoms with Crippen molar-refractivity contribution in [1.82, 2.24) is 4.98 Å². The number of ether oxygens (including phenoxy) is 1. The van der Waals surface area contributed by atoms with E-state index in [2.05, 4.69) is 57.8 Å². The molecule has 0 spiro atoms. The van der Waals surface area contributed by atoms with Crippen molar-refractivity contribution in [2.45, 2.75) is 123 Å². The van der Waals surface area contributed by atoms with Crippen LogP contribution in [0.15, 0.2) is 36.5 Å². The van der Waals surface area contributed by atoms with Crippen LogP contribution in [-0.4, -0.2) is 15.7 Å². The first-order valence-electron chi connectivity index (χ1n) is 13.7. The summed E-state index contributed by atoms with van der Waals surface area (Å²) in [6, 6.07) is 10.5. The van der Waals surface area contributed by atoms with Crippen LogP contribution < -0.4 is 4.74 Å². The normalized spacial score (nSPS) is 23.1. The highest BCUT2D eigenvalue weighted by Gasteiger charge is 2.48. The van der Waals surface area contributed by atoms with E-state index >= 15 is 0 Å². The minimum Gasteiger partial charge on any atom is -0.508 e. The second-order valence-corrected chi connectivity index (χ2v) is 11.3. The zero-order valence-electron chi connectivity index (χ0n) is 22.7. The number of phenolic OH excluding ortho intramolecular Hbond substituents is 1. The van der Waals surface area contributed by atoms with Crippen LogP contribution in [0, 0.1) is 5.92 Å². The second kappa shape index (κ2) is 11.1. The number of rotatable bonds is 7. The van der Waals surface area contributed by atoms with Crippen LogP contribution in [0.3, 0.4) is 0 Å². The minimum atomic E-state index is -0.233. The molecule has 1 aliphatic carbocycles. The van der Waals surface area contributed by atoms with Crippen molar-refractivity contribution < 1.29 is 11.3 Å². The van der Waals surface area contributed by atoms with Crippen molar-refractivity contribution >= 4 is 0 Å². The molecule has 0 bridgehead atoms. The first kappa shape index (κ1) is 26.6. The zero-order chi connectivity index (χ0) is 24.9. The first-order chi connectivity index (χ1) is 16.2. The monoisotopic (exact) mass is 467 g/mol. The highest BCUT2D eigenvalue weighted by atomic mass is 16.5. The molecule has 2 aliphatic rings. The number of phenols is 1. The van der Waals surface area contributed by atoms with Gasteiger partial charge in [-0.25, -0.2) is 0 Å². The number of pyridine rings is 1. The molecule has 0 saturated heterocycles. The molecular formula is C31H49NO2. The predicted octanol–water partition coefficient (Wildman–Crippen LogP) is 9.15. The highest BCUT2D eigenvalue weighted by Crippen LogP contribution is 2.57. The molecule has 1 aliphatic heterocycles. The average molecular weight is 468 g/mol. The summed E-state index contributed by atoms with van der Waals surface area (Å²) in [6.45, 7) is 15.3. The molecule has 0 radical (unpaired) electrons. The van der Waals surface area contributed by atoms with Gasteiger partial charge in [-0.15, -0.1) is 0 Å². The molecule has 190 valence electrons. The maximum atomic E-state index is 11.3. The fourth-order valence-electron chi connectivity index (χ4n) is 6.16. The summed E-state index contributed by atoms with van der Waals surface area (Å²) in [7, 11) is 0. The third-order valence-electron chi connectivity index (χ3n) is 8.15.